The summed E-state index contributed by atoms with van der Waals surface area (Å²) in [6, 6.07) is 6.61. The Morgan fingerprint density at radius 1 is 1.29 bits per heavy atom. The van der Waals surface area contributed by atoms with Crippen LogP contribution in [0, 0.1) is 0 Å². The molecular formula is C10H17N3O3S. The van der Waals surface area contributed by atoms with E-state index in [2.05, 4.69) is 9.44 Å². The fourth-order valence-electron chi connectivity index (χ4n) is 1.18. The van der Waals surface area contributed by atoms with Gasteiger partial charge in [0.05, 0.1) is 0 Å². The van der Waals surface area contributed by atoms with Crippen molar-refractivity contribution in [1.82, 2.24) is 4.72 Å². The van der Waals surface area contributed by atoms with Crippen molar-refractivity contribution < 1.29 is 13.2 Å². The van der Waals surface area contributed by atoms with Gasteiger partial charge in [-0.3, -0.25) is 4.72 Å². The van der Waals surface area contributed by atoms with Gasteiger partial charge in [0.2, 0.25) is 0 Å². The van der Waals surface area contributed by atoms with Gasteiger partial charge >= 0.3 is 0 Å². The highest BCUT2D eigenvalue weighted by Crippen LogP contribution is 2.16. The first-order valence-corrected chi connectivity index (χ1v) is 6.76. The zero-order valence-corrected chi connectivity index (χ0v) is 10.5. The van der Waals surface area contributed by atoms with E-state index in [0.717, 1.165) is 0 Å². The molecule has 6 nitrogen and oxygen atoms in total. The van der Waals surface area contributed by atoms with Gasteiger partial charge in [-0.25, -0.2) is 0 Å². The Morgan fingerprint density at radius 3 is 2.47 bits per heavy atom. The van der Waals surface area contributed by atoms with E-state index >= 15 is 0 Å². The Kier molecular flexibility index (Phi) is 5.20. The molecular weight excluding hydrogens is 242 g/mol. The largest absolute Gasteiger partial charge is 0.492 e. The second-order valence-electron chi connectivity index (χ2n) is 3.26. The van der Waals surface area contributed by atoms with Crippen LogP contribution in [-0.4, -0.2) is 28.1 Å². The number of nitrogens with two attached hydrogens (primary N) is 1. The van der Waals surface area contributed by atoms with Crippen molar-refractivity contribution in [3.05, 3.63) is 24.3 Å². The van der Waals surface area contributed by atoms with Gasteiger partial charge in [0.1, 0.15) is 12.4 Å². The van der Waals surface area contributed by atoms with Crippen molar-refractivity contribution in [2.75, 3.05) is 24.4 Å². The summed E-state index contributed by atoms with van der Waals surface area (Å²) in [4.78, 5) is 0. The zero-order valence-electron chi connectivity index (χ0n) is 9.64. The first-order valence-electron chi connectivity index (χ1n) is 5.27. The summed E-state index contributed by atoms with van der Waals surface area (Å²) in [5.41, 5.74) is 5.78. The van der Waals surface area contributed by atoms with E-state index in [-0.39, 0.29) is 0 Å². The highest BCUT2D eigenvalue weighted by molar-refractivity contribution is 7.90. The molecule has 0 atom stereocenters. The lowest BCUT2D eigenvalue weighted by Gasteiger charge is -2.09. The van der Waals surface area contributed by atoms with Crippen molar-refractivity contribution in [1.29, 1.82) is 0 Å². The Labute approximate surface area is 101 Å². The minimum Gasteiger partial charge on any atom is -0.492 e. The summed E-state index contributed by atoms with van der Waals surface area (Å²) in [5, 5.41) is 0. The third-order valence-electron chi connectivity index (χ3n) is 1.83. The van der Waals surface area contributed by atoms with E-state index in [0.29, 0.717) is 31.1 Å². The molecule has 0 spiro atoms. The van der Waals surface area contributed by atoms with Crippen LogP contribution in [0.3, 0.4) is 0 Å². The van der Waals surface area contributed by atoms with E-state index in [4.69, 9.17) is 10.5 Å². The fourth-order valence-corrected chi connectivity index (χ4v) is 2.08. The highest BCUT2D eigenvalue weighted by Gasteiger charge is 2.07. The number of hydrogen-bond acceptors (Lipinski definition) is 4. The predicted molar refractivity (Wildman–Crippen MR) is 67.2 cm³/mol. The van der Waals surface area contributed by atoms with Gasteiger partial charge in [-0.2, -0.15) is 13.1 Å². The van der Waals surface area contributed by atoms with Crippen LogP contribution in [0.15, 0.2) is 24.3 Å². The summed E-state index contributed by atoms with van der Waals surface area (Å²) in [6.07, 6.45) is 0. The van der Waals surface area contributed by atoms with Gasteiger partial charge in [-0.05, 0) is 24.3 Å². The molecule has 7 heteroatoms. The number of hydrogen-bond donors (Lipinski definition) is 3. The molecule has 0 aliphatic heterocycles. The van der Waals surface area contributed by atoms with Crippen molar-refractivity contribution >= 4 is 15.9 Å². The maximum absolute atomic E-state index is 11.4. The lowest BCUT2D eigenvalue weighted by molar-refractivity contribution is 0.328. The van der Waals surface area contributed by atoms with Crippen molar-refractivity contribution in [2.45, 2.75) is 6.92 Å². The number of rotatable bonds is 7. The molecule has 17 heavy (non-hydrogen) atoms. The molecule has 1 aromatic rings. The summed E-state index contributed by atoms with van der Waals surface area (Å²) < 4.78 is 32.8. The summed E-state index contributed by atoms with van der Waals surface area (Å²) in [7, 11) is -3.48. The summed E-state index contributed by atoms with van der Waals surface area (Å²) in [5.74, 6) is 0.654. The second kappa shape index (κ2) is 6.43. The van der Waals surface area contributed by atoms with Crippen LogP contribution in [0.25, 0.3) is 0 Å². The molecule has 0 saturated carbocycles. The highest BCUT2D eigenvalue weighted by atomic mass is 32.2. The maximum Gasteiger partial charge on any atom is 0.299 e. The Morgan fingerprint density at radius 2 is 1.94 bits per heavy atom. The molecule has 0 saturated heterocycles. The molecule has 1 rings (SSSR count). The molecule has 4 N–H and O–H groups in total. The molecule has 96 valence electrons. The van der Waals surface area contributed by atoms with E-state index < -0.39 is 10.2 Å². The second-order valence-corrected chi connectivity index (χ2v) is 4.76. The summed E-state index contributed by atoms with van der Waals surface area (Å²) >= 11 is 0. The van der Waals surface area contributed by atoms with E-state index in [1.807, 2.05) is 0 Å². The van der Waals surface area contributed by atoms with Crippen LogP contribution < -0.4 is 19.9 Å². The van der Waals surface area contributed by atoms with E-state index in [1.165, 1.54) is 0 Å². The minimum absolute atomic E-state index is 0.340. The van der Waals surface area contributed by atoms with Gasteiger partial charge in [0.25, 0.3) is 10.2 Å². The van der Waals surface area contributed by atoms with Crippen LogP contribution in [0.5, 0.6) is 5.75 Å². The smallest absolute Gasteiger partial charge is 0.299 e. The average Bonchev–Trinajstić information content (AvgIpc) is 2.27. The van der Waals surface area contributed by atoms with E-state index in [1.54, 1.807) is 31.2 Å². The average molecular weight is 259 g/mol. The van der Waals surface area contributed by atoms with Gasteiger partial charge in [0, 0.05) is 18.8 Å². The van der Waals surface area contributed by atoms with Crippen LogP contribution in [0.1, 0.15) is 6.92 Å². The van der Waals surface area contributed by atoms with Gasteiger partial charge < -0.3 is 10.5 Å². The standard InChI is InChI=1S/C10H17N3O3S/c1-2-12-17(14,15)13-9-3-5-10(6-4-9)16-8-7-11/h3-6,12-13H,2,7-8,11H2,1H3. The van der Waals surface area contributed by atoms with Crippen molar-refractivity contribution in [3.63, 3.8) is 0 Å². The normalized spacial score (nSPS) is 11.2. The molecule has 0 radical (unpaired) electrons. The van der Waals surface area contributed by atoms with E-state index in [9.17, 15) is 8.42 Å². The van der Waals surface area contributed by atoms with Crippen LogP contribution in [0.4, 0.5) is 5.69 Å². The molecule has 1 aromatic carbocycles. The maximum atomic E-state index is 11.4. The lowest BCUT2D eigenvalue weighted by Crippen LogP contribution is -2.29. The summed E-state index contributed by atoms with van der Waals surface area (Å²) in [6.45, 7) is 2.92. The predicted octanol–water partition coefficient (Wildman–Crippen LogP) is 0.290. The zero-order chi connectivity index (χ0) is 12.7. The van der Waals surface area contributed by atoms with Crippen molar-refractivity contribution in [3.8, 4) is 5.75 Å². The van der Waals surface area contributed by atoms with Crippen LogP contribution in [0.2, 0.25) is 0 Å². The molecule has 0 fully saturated rings. The molecule has 0 aromatic heterocycles. The van der Waals surface area contributed by atoms with Crippen LogP contribution in [-0.2, 0) is 10.2 Å². The molecule has 0 heterocycles. The topological polar surface area (TPSA) is 93.5 Å². The Balaban J connectivity index is 2.62. The molecule has 0 aliphatic rings. The Hall–Kier alpha value is -1.31. The molecule has 0 unspecified atom stereocenters. The van der Waals surface area contributed by atoms with Gasteiger partial charge in [-0.1, -0.05) is 6.92 Å². The van der Waals surface area contributed by atoms with Crippen LogP contribution >= 0.6 is 0 Å². The van der Waals surface area contributed by atoms with Gasteiger partial charge in [-0.15, -0.1) is 0 Å². The lowest BCUT2D eigenvalue weighted by atomic mass is 10.3. The van der Waals surface area contributed by atoms with Gasteiger partial charge in [0.15, 0.2) is 0 Å². The third kappa shape index (κ3) is 5.03. The number of nitrogens with one attached hydrogen (secondary N) is 2. The molecule has 0 bridgehead atoms. The number of anilines is 1. The monoisotopic (exact) mass is 259 g/mol. The van der Waals surface area contributed by atoms with Crippen molar-refractivity contribution in [2.24, 2.45) is 5.73 Å². The SMILES string of the molecule is CCNS(=O)(=O)Nc1ccc(OCCN)cc1. The molecule has 0 aliphatic carbocycles. The number of ether oxygens (including phenoxy) is 1. The quantitative estimate of drug-likeness (QED) is 0.656. The molecule has 0 amide bonds. The minimum atomic E-state index is -3.48. The third-order valence-corrected chi connectivity index (χ3v) is 3.00. The first-order chi connectivity index (χ1) is 8.07. The Bertz CT molecular complexity index is 431. The first kappa shape index (κ1) is 13.8. The number of benzene rings is 1. The fraction of sp³-hybridized carbons (Fsp3) is 0.400.